The first-order chi connectivity index (χ1) is 33.0. The fraction of sp³-hybridized carbons (Fsp3) is 0.500. The van der Waals surface area contributed by atoms with E-state index < -0.39 is 64.3 Å². The average molecular weight is 963 g/mol. The van der Waals surface area contributed by atoms with Crippen molar-refractivity contribution in [3.8, 4) is 28.1 Å². The Labute approximate surface area is 410 Å². The van der Waals surface area contributed by atoms with Gasteiger partial charge in [0.1, 0.15) is 17.8 Å². The van der Waals surface area contributed by atoms with Crippen LogP contribution >= 0.6 is 0 Å². The molecule has 4 amide bonds. The van der Waals surface area contributed by atoms with Gasteiger partial charge in [-0.25, -0.2) is 4.79 Å². The molecule has 70 heavy (non-hydrogen) atoms. The Kier molecular flexibility index (Phi) is 14.8. The monoisotopic (exact) mass is 963 g/mol. The van der Waals surface area contributed by atoms with E-state index in [0.29, 0.717) is 24.1 Å². The van der Waals surface area contributed by atoms with Crippen molar-refractivity contribution < 1.29 is 48.8 Å². The Morgan fingerprint density at radius 3 is 2.43 bits per heavy atom. The van der Waals surface area contributed by atoms with Crippen molar-refractivity contribution in [2.75, 3.05) is 40.4 Å². The van der Waals surface area contributed by atoms with Crippen LogP contribution in [0.3, 0.4) is 0 Å². The van der Waals surface area contributed by atoms with Crippen molar-refractivity contribution in [2.45, 2.75) is 124 Å². The first-order valence-electron chi connectivity index (χ1n) is 24.3. The number of cyclic esters (lactones) is 1. The number of β-amino-alcohol motifs (C(OH)–C–C–N with tert-alkyl or cyclic N) is 1. The summed E-state index contributed by atoms with van der Waals surface area (Å²) in [6.07, 6.45) is 1.29. The van der Waals surface area contributed by atoms with Crippen LogP contribution in [0.5, 0.6) is 5.75 Å². The van der Waals surface area contributed by atoms with E-state index in [1.165, 1.54) is 18.0 Å². The van der Waals surface area contributed by atoms with E-state index in [1.807, 2.05) is 32.9 Å². The lowest BCUT2D eigenvalue weighted by molar-refractivity contribution is -0.189. The highest BCUT2D eigenvalue weighted by molar-refractivity contribution is 5.97. The summed E-state index contributed by atoms with van der Waals surface area (Å²) in [5.74, 6) is -4.15. The van der Waals surface area contributed by atoms with E-state index >= 15 is 0 Å². The Balaban J connectivity index is 1.35. The summed E-state index contributed by atoms with van der Waals surface area (Å²) in [4.78, 5) is 72.3. The number of amides is 4. The second kappa shape index (κ2) is 20.0. The molecule has 16 heteroatoms. The number of ether oxygens (including phenoxy) is 2. The zero-order valence-electron chi connectivity index (χ0n) is 42.3. The summed E-state index contributed by atoms with van der Waals surface area (Å²) in [6.45, 7) is 19.8. The van der Waals surface area contributed by atoms with Crippen molar-refractivity contribution in [3.63, 3.8) is 0 Å². The van der Waals surface area contributed by atoms with E-state index in [4.69, 9.17) is 9.47 Å². The van der Waals surface area contributed by atoms with Crippen LogP contribution in [0.4, 0.5) is 0 Å². The van der Waals surface area contributed by atoms with E-state index in [-0.39, 0.29) is 63.8 Å². The maximum Gasteiger partial charge on any atom is 0.355 e. The number of esters is 1. The SMILES string of the molecule is C=CC(=O)N1CC[C@](O)(C(=O)N(C)[C@H](C(=O)N[C@H]2Cc3cc(O)cc(c3)-c3ccc4c(c3)c(c(-c3c([C@H](C)OC)ccc(C)c3C)n4CC)CC(C)(C)COC(=O)[C@@]3(O)CCCN(N3)C2=O)C(C)C)C1. The number of methoxy groups -OCH3 is 1. The second-order valence-electron chi connectivity index (χ2n) is 20.6. The molecule has 5 N–H and O–H groups in total. The third-order valence-corrected chi connectivity index (χ3v) is 14.5. The molecule has 3 aromatic carbocycles. The van der Waals surface area contributed by atoms with Gasteiger partial charge in [0.25, 0.3) is 11.8 Å². The second-order valence-corrected chi connectivity index (χ2v) is 20.6. The molecule has 3 aliphatic rings. The van der Waals surface area contributed by atoms with Crippen LogP contribution in [0.1, 0.15) is 94.7 Å². The predicted octanol–water partition coefficient (Wildman–Crippen LogP) is 5.63. The molecule has 0 spiro atoms. The highest BCUT2D eigenvalue weighted by Gasteiger charge is 2.49. The number of carbonyl (C=O) groups is 5. The molecule has 7 rings (SSSR count). The van der Waals surface area contributed by atoms with E-state index in [9.17, 15) is 39.3 Å². The number of aromatic hydroxyl groups is 1. The normalized spacial score (nSPS) is 22.6. The van der Waals surface area contributed by atoms with Gasteiger partial charge in [0.15, 0.2) is 5.60 Å². The lowest BCUT2D eigenvalue weighted by atomic mass is 9.82. The minimum Gasteiger partial charge on any atom is -0.508 e. The topological polar surface area (TPSA) is 203 Å². The van der Waals surface area contributed by atoms with Gasteiger partial charge in [-0.05, 0) is 116 Å². The quantitative estimate of drug-likeness (QED) is 0.0975. The number of likely N-dealkylation sites (tertiary alicyclic amines) is 1. The number of nitrogens with zero attached hydrogens (tertiary/aromatic N) is 4. The van der Waals surface area contributed by atoms with Gasteiger partial charge in [-0.3, -0.25) is 24.2 Å². The molecule has 2 fully saturated rings. The largest absolute Gasteiger partial charge is 0.508 e. The summed E-state index contributed by atoms with van der Waals surface area (Å²) in [6, 6.07) is 12.9. The summed E-state index contributed by atoms with van der Waals surface area (Å²) in [5.41, 5.74) is 7.09. The van der Waals surface area contributed by atoms with E-state index in [0.717, 1.165) is 66.0 Å². The fourth-order valence-corrected chi connectivity index (χ4v) is 10.6. The summed E-state index contributed by atoms with van der Waals surface area (Å²) in [5, 5.41) is 39.8. The van der Waals surface area contributed by atoms with Gasteiger partial charge >= 0.3 is 5.97 Å². The Morgan fingerprint density at radius 2 is 1.76 bits per heavy atom. The zero-order chi connectivity index (χ0) is 51.2. The molecule has 6 bridgehead atoms. The smallest absolute Gasteiger partial charge is 0.355 e. The lowest BCUT2D eigenvalue weighted by Crippen LogP contribution is -2.67. The Hall–Kier alpha value is -6.07. The van der Waals surface area contributed by atoms with Crippen LogP contribution in [-0.2, 0) is 52.8 Å². The van der Waals surface area contributed by atoms with E-state index in [1.54, 1.807) is 27.0 Å². The number of phenols is 1. The first kappa shape index (κ1) is 51.8. The maximum absolute atomic E-state index is 14.8. The number of nitrogens with one attached hydrogen (secondary N) is 2. The molecule has 0 saturated carbocycles. The molecule has 2 saturated heterocycles. The number of hydrogen-bond acceptors (Lipinski definition) is 11. The van der Waals surface area contributed by atoms with Gasteiger partial charge in [-0.1, -0.05) is 58.5 Å². The number of benzene rings is 3. The minimum atomic E-state index is -2.30. The molecule has 16 nitrogen and oxygen atoms in total. The highest BCUT2D eigenvalue weighted by atomic mass is 16.6. The van der Waals surface area contributed by atoms with Crippen molar-refractivity contribution in [1.82, 2.24) is 30.1 Å². The number of carbonyl (C=O) groups excluding carboxylic acids is 5. The third kappa shape index (κ3) is 9.96. The highest BCUT2D eigenvalue weighted by Crippen LogP contribution is 2.44. The molecule has 1 aromatic heterocycles. The van der Waals surface area contributed by atoms with Gasteiger partial charge in [0, 0.05) is 74.9 Å². The van der Waals surface area contributed by atoms with Gasteiger partial charge in [-0.2, -0.15) is 5.43 Å². The Morgan fingerprint density at radius 1 is 1.03 bits per heavy atom. The van der Waals surface area contributed by atoms with Crippen LogP contribution in [0.25, 0.3) is 33.3 Å². The summed E-state index contributed by atoms with van der Waals surface area (Å²) >= 11 is 0. The van der Waals surface area contributed by atoms with Crippen LogP contribution < -0.4 is 10.7 Å². The molecular formula is C54H70N6O10. The molecule has 3 aliphatic heterocycles. The number of hydrazine groups is 1. The molecule has 4 heterocycles. The Bertz CT molecular complexity index is 2730. The van der Waals surface area contributed by atoms with Crippen LogP contribution in [0.2, 0.25) is 0 Å². The number of aromatic nitrogens is 1. The summed E-state index contributed by atoms with van der Waals surface area (Å²) < 4.78 is 14.3. The number of aliphatic hydroxyl groups is 2. The van der Waals surface area contributed by atoms with Crippen molar-refractivity contribution in [3.05, 3.63) is 89.0 Å². The van der Waals surface area contributed by atoms with Crippen molar-refractivity contribution in [1.29, 1.82) is 0 Å². The van der Waals surface area contributed by atoms with Gasteiger partial charge in [0.05, 0.1) is 24.9 Å². The summed E-state index contributed by atoms with van der Waals surface area (Å²) in [7, 11) is 3.10. The van der Waals surface area contributed by atoms with Crippen LogP contribution in [-0.4, -0.2) is 128 Å². The average Bonchev–Trinajstić information content (AvgIpc) is 3.87. The predicted molar refractivity (Wildman–Crippen MR) is 266 cm³/mol. The molecule has 5 atom stereocenters. The number of phenolic OH excluding ortho intramolecular Hbond substituents is 1. The minimum absolute atomic E-state index is 0.0482. The molecule has 4 aromatic rings. The molecule has 0 aliphatic carbocycles. The van der Waals surface area contributed by atoms with Crippen LogP contribution in [0, 0.1) is 25.2 Å². The fourth-order valence-electron chi connectivity index (χ4n) is 10.6. The van der Waals surface area contributed by atoms with Crippen molar-refractivity contribution >= 4 is 40.5 Å². The van der Waals surface area contributed by atoms with Gasteiger partial charge in [0.2, 0.25) is 17.5 Å². The van der Waals surface area contributed by atoms with E-state index in [2.05, 4.69) is 66.9 Å². The standard InChI is InChI=1S/C54H70N6O10/c1-12-44(62)58-22-20-53(67,29-58)50(65)57(10)46(31(3)4)48(63)55-42-25-35-23-37(26-38(61)24-35)36-16-18-43-40(27-36)41(47(59(43)13-2)45-33(6)32(5)15-17-39(45)34(7)69-11)28-52(8,9)30-70-51(66)54(68)19-14-21-60(56-54)49(42)64/h12,15-18,23-24,26-27,31,34,42,46,56,61,67-68H,1,13-14,19-22,25,28-30H2,2-11H3,(H,55,63)/t34-,42-,46-,53+,54-/m0/s1. The first-order valence-corrected chi connectivity index (χ1v) is 24.3. The molecule has 376 valence electrons. The number of fused-ring (bicyclic) bond motifs is 6. The van der Waals surface area contributed by atoms with Gasteiger partial charge < -0.3 is 44.5 Å². The van der Waals surface area contributed by atoms with Gasteiger partial charge in [-0.15, -0.1) is 0 Å². The number of hydrogen-bond donors (Lipinski definition) is 5. The van der Waals surface area contributed by atoms with Crippen LogP contribution in [0.15, 0.2) is 61.2 Å². The number of rotatable bonds is 10. The molecule has 0 radical (unpaired) electrons. The number of aryl methyl sites for hydroxylation is 2. The zero-order valence-corrected chi connectivity index (χ0v) is 42.3. The molecular weight excluding hydrogens is 893 g/mol. The molecule has 0 unspecified atom stereocenters. The maximum atomic E-state index is 14.8. The third-order valence-electron chi connectivity index (χ3n) is 14.5. The van der Waals surface area contributed by atoms with Crippen molar-refractivity contribution in [2.24, 2.45) is 11.3 Å². The number of likely N-dealkylation sites (N-methyl/N-ethyl adjacent to an activating group) is 1. The lowest BCUT2D eigenvalue weighted by Gasteiger charge is -2.40.